The second-order valence-corrected chi connectivity index (χ2v) is 8.73. The number of para-hydroxylation sites is 2. The molecule has 2 heterocycles. The van der Waals surface area contributed by atoms with E-state index in [9.17, 15) is 4.79 Å². The summed E-state index contributed by atoms with van der Waals surface area (Å²) >= 11 is 1.42. The summed E-state index contributed by atoms with van der Waals surface area (Å²) in [4.78, 5) is 14.9. The van der Waals surface area contributed by atoms with Crippen LogP contribution in [0.3, 0.4) is 0 Å². The average molecular weight is 457 g/mol. The molecule has 1 aromatic heterocycles. The molecule has 0 saturated heterocycles. The molecule has 1 amide bonds. The predicted molar refractivity (Wildman–Crippen MR) is 130 cm³/mol. The maximum atomic E-state index is 13.0. The maximum absolute atomic E-state index is 13.0. The van der Waals surface area contributed by atoms with E-state index in [0.29, 0.717) is 24.1 Å². The third-order valence-corrected chi connectivity index (χ3v) is 6.55. The summed E-state index contributed by atoms with van der Waals surface area (Å²) in [5.41, 5.74) is 3.38. The Morgan fingerprint density at radius 2 is 1.64 bits per heavy atom. The Kier molecular flexibility index (Phi) is 6.39. The zero-order valence-electron chi connectivity index (χ0n) is 18.1. The number of thioether (sulfide) groups is 1. The molecule has 0 atom stereocenters. The van der Waals surface area contributed by atoms with Crippen molar-refractivity contribution in [1.82, 2.24) is 14.8 Å². The van der Waals surface area contributed by atoms with Gasteiger partial charge in [0.05, 0.1) is 12.3 Å². The number of fused-ring (bicyclic) bond motifs is 1. The molecule has 4 aromatic rings. The SMILES string of the molecule is O=C(CSc1nnc(COc2ccccc2)n1Cc1ccccc1)N1CCc2ccccc21. The molecule has 0 aliphatic carbocycles. The largest absolute Gasteiger partial charge is 0.486 e. The van der Waals surface area contributed by atoms with Gasteiger partial charge in [-0.05, 0) is 35.7 Å². The fourth-order valence-electron chi connectivity index (χ4n) is 3.92. The number of hydrogen-bond acceptors (Lipinski definition) is 5. The molecule has 166 valence electrons. The topological polar surface area (TPSA) is 60.2 Å². The summed E-state index contributed by atoms with van der Waals surface area (Å²) < 4.78 is 7.96. The molecule has 0 fully saturated rings. The number of carbonyl (C=O) groups is 1. The minimum Gasteiger partial charge on any atom is -0.486 e. The summed E-state index contributed by atoms with van der Waals surface area (Å²) in [6.07, 6.45) is 0.901. The van der Waals surface area contributed by atoms with Crippen molar-refractivity contribution < 1.29 is 9.53 Å². The van der Waals surface area contributed by atoms with Gasteiger partial charge < -0.3 is 9.64 Å². The van der Waals surface area contributed by atoms with Crippen LogP contribution in [0.2, 0.25) is 0 Å². The number of rotatable bonds is 8. The lowest BCUT2D eigenvalue weighted by atomic mass is 10.2. The fraction of sp³-hybridized carbons (Fsp3) is 0.192. The van der Waals surface area contributed by atoms with Crippen LogP contribution in [-0.2, 0) is 24.4 Å². The molecular weight excluding hydrogens is 432 g/mol. The molecule has 1 aliphatic heterocycles. The average Bonchev–Trinajstić information content (AvgIpc) is 3.47. The summed E-state index contributed by atoms with van der Waals surface area (Å²) in [6.45, 7) is 1.65. The van der Waals surface area contributed by atoms with Gasteiger partial charge in [0.15, 0.2) is 11.0 Å². The number of hydrogen-bond donors (Lipinski definition) is 0. The Balaban J connectivity index is 1.32. The van der Waals surface area contributed by atoms with Gasteiger partial charge in [-0.2, -0.15) is 0 Å². The van der Waals surface area contributed by atoms with Gasteiger partial charge in [-0.15, -0.1) is 10.2 Å². The predicted octanol–water partition coefficient (Wildman–Crippen LogP) is 4.59. The molecule has 0 saturated carbocycles. The normalized spacial score (nSPS) is 12.5. The molecule has 0 N–H and O–H groups in total. The van der Waals surface area contributed by atoms with E-state index in [4.69, 9.17) is 4.74 Å². The molecule has 0 unspecified atom stereocenters. The van der Waals surface area contributed by atoms with Crippen LogP contribution < -0.4 is 9.64 Å². The Hall–Kier alpha value is -3.58. The zero-order valence-corrected chi connectivity index (χ0v) is 18.9. The number of anilines is 1. The van der Waals surface area contributed by atoms with Crippen LogP contribution in [0, 0.1) is 0 Å². The van der Waals surface area contributed by atoms with Gasteiger partial charge in [-0.1, -0.05) is 78.5 Å². The van der Waals surface area contributed by atoms with Crippen LogP contribution in [0.5, 0.6) is 5.75 Å². The fourth-order valence-corrected chi connectivity index (χ4v) is 4.76. The smallest absolute Gasteiger partial charge is 0.237 e. The van der Waals surface area contributed by atoms with Gasteiger partial charge in [0, 0.05) is 12.2 Å². The highest BCUT2D eigenvalue weighted by Crippen LogP contribution is 2.29. The van der Waals surface area contributed by atoms with Crippen molar-refractivity contribution in [3.05, 3.63) is 102 Å². The van der Waals surface area contributed by atoms with Crippen LogP contribution in [0.15, 0.2) is 90.1 Å². The summed E-state index contributed by atoms with van der Waals surface area (Å²) in [5, 5.41) is 9.49. The minimum absolute atomic E-state index is 0.0845. The first-order chi connectivity index (χ1) is 16.3. The van der Waals surface area contributed by atoms with Crippen LogP contribution >= 0.6 is 11.8 Å². The van der Waals surface area contributed by atoms with E-state index in [1.165, 1.54) is 17.3 Å². The molecule has 6 nitrogen and oxygen atoms in total. The van der Waals surface area contributed by atoms with E-state index in [1.54, 1.807) is 0 Å². The second kappa shape index (κ2) is 9.92. The van der Waals surface area contributed by atoms with Crippen molar-refractivity contribution in [3.8, 4) is 5.75 Å². The van der Waals surface area contributed by atoms with E-state index >= 15 is 0 Å². The van der Waals surface area contributed by atoms with Gasteiger partial charge in [0.25, 0.3) is 0 Å². The second-order valence-electron chi connectivity index (χ2n) is 7.79. The van der Waals surface area contributed by atoms with Gasteiger partial charge >= 0.3 is 0 Å². The van der Waals surface area contributed by atoms with E-state index in [-0.39, 0.29) is 5.91 Å². The maximum Gasteiger partial charge on any atom is 0.237 e. The van der Waals surface area contributed by atoms with Gasteiger partial charge in [0.2, 0.25) is 5.91 Å². The molecular formula is C26H24N4O2S. The summed E-state index contributed by atoms with van der Waals surface area (Å²) in [6, 6.07) is 27.9. The lowest BCUT2D eigenvalue weighted by Crippen LogP contribution is -2.30. The molecule has 0 bridgehead atoms. The Labute approximate surface area is 197 Å². The zero-order chi connectivity index (χ0) is 22.5. The highest BCUT2D eigenvalue weighted by Gasteiger charge is 2.25. The molecule has 3 aromatic carbocycles. The van der Waals surface area contributed by atoms with E-state index in [1.807, 2.05) is 76.2 Å². The number of amides is 1. The first-order valence-corrected chi connectivity index (χ1v) is 11.9. The first-order valence-electron chi connectivity index (χ1n) is 10.9. The molecule has 33 heavy (non-hydrogen) atoms. The monoisotopic (exact) mass is 456 g/mol. The third kappa shape index (κ3) is 4.93. The van der Waals surface area contributed by atoms with Crippen LogP contribution in [0.4, 0.5) is 5.69 Å². The van der Waals surface area contributed by atoms with E-state index in [2.05, 4.69) is 28.4 Å². The minimum atomic E-state index is 0.0845. The number of benzene rings is 3. The first kappa shape index (κ1) is 21.3. The molecule has 5 rings (SSSR count). The highest BCUT2D eigenvalue weighted by atomic mass is 32.2. The molecule has 1 aliphatic rings. The van der Waals surface area contributed by atoms with Crippen molar-refractivity contribution in [2.45, 2.75) is 24.7 Å². The molecule has 7 heteroatoms. The number of nitrogens with zero attached hydrogens (tertiary/aromatic N) is 4. The van der Waals surface area contributed by atoms with Crippen molar-refractivity contribution in [3.63, 3.8) is 0 Å². The van der Waals surface area contributed by atoms with Crippen LogP contribution in [-0.4, -0.2) is 33.0 Å². The van der Waals surface area contributed by atoms with E-state index < -0.39 is 0 Å². The van der Waals surface area contributed by atoms with Crippen molar-refractivity contribution in [1.29, 1.82) is 0 Å². The van der Waals surface area contributed by atoms with Gasteiger partial charge in [-0.3, -0.25) is 9.36 Å². The molecule has 0 radical (unpaired) electrons. The Bertz CT molecular complexity index is 1230. The van der Waals surface area contributed by atoms with Gasteiger partial charge in [-0.25, -0.2) is 0 Å². The summed E-state index contributed by atoms with van der Waals surface area (Å²) in [7, 11) is 0. The number of carbonyl (C=O) groups excluding carboxylic acids is 1. The van der Waals surface area contributed by atoms with Crippen LogP contribution in [0.25, 0.3) is 0 Å². The van der Waals surface area contributed by atoms with Crippen LogP contribution in [0.1, 0.15) is 17.0 Å². The van der Waals surface area contributed by atoms with Crippen molar-refractivity contribution >= 4 is 23.4 Å². The van der Waals surface area contributed by atoms with Crippen molar-refractivity contribution in [2.24, 2.45) is 0 Å². The number of aromatic nitrogens is 3. The highest BCUT2D eigenvalue weighted by molar-refractivity contribution is 7.99. The van der Waals surface area contributed by atoms with Gasteiger partial charge in [0.1, 0.15) is 12.4 Å². The Morgan fingerprint density at radius 1 is 0.909 bits per heavy atom. The third-order valence-electron chi connectivity index (χ3n) is 5.60. The quantitative estimate of drug-likeness (QED) is 0.363. The Morgan fingerprint density at radius 3 is 2.45 bits per heavy atom. The number of ether oxygens (including phenoxy) is 1. The van der Waals surface area contributed by atoms with E-state index in [0.717, 1.165) is 35.8 Å². The lowest BCUT2D eigenvalue weighted by Gasteiger charge is -2.17. The lowest BCUT2D eigenvalue weighted by molar-refractivity contribution is -0.116. The standard InChI is InChI=1S/C26H24N4O2S/c31-25(29-16-15-21-11-7-8-14-23(21)29)19-33-26-28-27-24(18-32-22-12-5-2-6-13-22)30(26)17-20-9-3-1-4-10-20/h1-14H,15-19H2. The molecule has 0 spiro atoms. The van der Waals surface area contributed by atoms with Crippen molar-refractivity contribution in [2.75, 3.05) is 17.2 Å². The summed E-state index contributed by atoms with van der Waals surface area (Å²) in [5.74, 6) is 1.90.